The SMILES string of the molecule is Cc1nc(CNC(=O)N2CCCC(CC(C)C)C2)oc1C. The van der Waals surface area contributed by atoms with Crippen molar-refractivity contribution in [2.24, 2.45) is 11.8 Å². The molecule has 1 N–H and O–H groups in total. The van der Waals surface area contributed by atoms with E-state index in [9.17, 15) is 4.79 Å². The highest BCUT2D eigenvalue weighted by atomic mass is 16.4. The summed E-state index contributed by atoms with van der Waals surface area (Å²) in [4.78, 5) is 18.5. The van der Waals surface area contributed by atoms with E-state index in [1.54, 1.807) is 0 Å². The molecule has 0 bridgehead atoms. The molecule has 1 aliphatic heterocycles. The quantitative estimate of drug-likeness (QED) is 0.927. The topological polar surface area (TPSA) is 58.4 Å². The Morgan fingerprint density at radius 1 is 1.48 bits per heavy atom. The number of piperidine rings is 1. The summed E-state index contributed by atoms with van der Waals surface area (Å²) >= 11 is 0. The van der Waals surface area contributed by atoms with E-state index >= 15 is 0 Å². The zero-order chi connectivity index (χ0) is 15.4. The Hall–Kier alpha value is -1.52. The molecule has 0 saturated carbocycles. The Morgan fingerprint density at radius 3 is 2.86 bits per heavy atom. The number of carbonyl (C=O) groups excluding carboxylic acids is 1. The molecular formula is C16H27N3O2. The molecule has 5 nitrogen and oxygen atoms in total. The van der Waals surface area contributed by atoms with Crippen molar-refractivity contribution < 1.29 is 9.21 Å². The maximum Gasteiger partial charge on any atom is 0.317 e. The first-order valence-electron chi connectivity index (χ1n) is 7.91. The second kappa shape index (κ2) is 6.96. The van der Waals surface area contributed by atoms with Gasteiger partial charge < -0.3 is 14.6 Å². The number of aryl methyl sites for hydroxylation is 2. The number of nitrogens with zero attached hydrogens (tertiary/aromatic N) is 2. The van der Waals surface area contributed by atoms with Gasteiger partial charge in [0.25, 0.3) is 0 Å². The van der Waals surface area contributed by atoms with E-state index in [-0.39, 0.29) is 6.03 Å². The molecule has 0 radical (unpaired) electrons. The number of likely N-dealkylation sites (tertiary alicyclic amines) is 1. The van der Waals surface area contributed by atoms with Gasteiger partial charge in [-0.15, -0.1) is 0 Å². The summed E-state index contributed by atoms with van der Waals surface area (Å²) in [5.74, 6) is 2.72. The molecule has 1 atom stereocenters. The van der Waals surface area contributed by atoms with Gasteiger partial charge >= 0.3 is 6.03 Å². The molecule has 0 aromatic carbocycles. The zero-order valence-electron chi connectivity index (χ0n) is 13.6. The summed E-state index contributed by atoms with van der Waals surface area (Å²) in [5, 5.41) is 2.91. The Labute approximate surface area is 127 Å². The Kier molecular flexibility index (Phi) is 5.26. The molecule has 1 aliphatic rings. The summed E-state index contributed by atoms with van der Waals surface area (Å²) in [5.41, 5.74) is 0.884. The molecule has 1 unspecified atom stereocenters. The van der Waals surface area contributed by atoms with Crippen LogP contribution in [0.2, 0.25) is 0 Å². The molecule has 21 heavy (non-hydrogen) atoms. The normalized spacial score (nSPS) is 19.1. The smallest absolute Gasteiger partial charge is 0.317 e. The molecule has 2 amide bonds. The Balaban J connectivity index is 1.82. The highest BCUT2D eigenvalue weighted by molar-refractivity contribution is 5.74. The fourth-order valence-electron chi connectivity index (χ4n) is 2.99. The van der Waals surface area contributed by atoms with Crippen molar-refractivity contribution in [1.82, 2.24) is 15.2 Å². The molecule has 1 aromatic heterocycles. The second-order valence-corrected chi connectivity index (χ2v) is 6.49. The summed E-state index contributed by atoms with van der Waals surface area (Å²) in [6.45, 7) is 10.4. The highest BCUT2D eigenvalue weighted by Crippen LogP contribution is 2.23. The van der Waals surface area contributed by atoms with Crippen molar-refractivity contribution in [2.75, 3.05) is 13.1 Å². The van der Waals surface area contributed by atoms with Crippen LogP contribution >= 0.6 is 0 Å². The number of hydrogen-bond donors (Lipinski definition) is 1. The van der Waals surface area contributed by atoms with E-state index in [2.05, 4.69) is 24.1 Å². The third-order valence-corrected chi connectivity index (χ3v) is 4.07. The van der Waals surface area contributed by atoms with Crippen molar-refractivity contribution in [2.45, 2.75) is 53.5 Å². The van der Waals surface area contributed by atoms with E-state index in [1.165, 1.54) is 12.8 Å². The average Bonchev–Trinajstić information content (AvgIpc) is 2.75. The van der Waals surface area contributed by atoms with Crippen molar-refractivity contribution in [1.29, 1.82) is 0 Å². The van der Waals surface area contributed by atoms with Gasteiger partial charge in [-0.25, -0.2) is 9.78 Å². The molecule has 2 rings (SSSR count). The number of hydrogen-bond acceptors (Lipinski definition) is 3. The van der Waals surface area contributed by atoms with Crippen molar-refractivity contribution in [3.8, 4) is 0 Å². The fraction of sp³-hybridized carbons (Fsp3) is 0.750. The second-order valence-electron chi connectivity index (χ2n) is 6.49. The third kappa shape index (κ3) is 4.48. The largest absolute Gasteiger partial charge is 0.444 e. The summed E-state index contributed by atoms with van der Waals surface area (Å²) in [6.07, 6.45) is 3.53. The van der Waals surface area contributed by atoms with Gasteiger partial charge in [0, 0.05) is 13.1 Å². The molecule has 1 saturated heterocycles. The lowest BCUT2D eigenvalue weighted by Crippen LogP contribution is -2.45. The average molecular weight is 293 g/mol. The van der Waals surface area contributed by atoms with Crippen LogP contribution in [0.15, 0.2) is 4.42 Å². The summed E-state index contributed by atoms with van der Waals surface area (Å²) < 4.78 is 5.48. The lowest BCUT2D eigenvalue weighted by atomic mass is 9.90. The number of carbonyl (C=O) groups is 1. The predicted molar refractivity (Wildman–Crippen MR) is 82.0 cm³/mol. The van der Waals surface area contributed by atoms with Crippen LogP contribution in [-0.4, -0.2) is 29.0 Å². The van der Waals surface area contributed by atoms with Crippen LogP contribution in [0.3, 0.4) is 0 Å². The number of aromatic nitrogens is 1. The molecule has 0 aliphatic carbocycles. The van der Waals surface area contributed by atoms with Gasteiger partial charge in [0.1, 0.15) is 5.76 Å². The maximum atomic E-state index is 12.2. The predicted octanol–water partition coefficient (Wildman–Crippen LogP) is 3.26. The summed E-state index contributed by atoms with van der Waals surface area (Å²) in [6, 6.07) is -0.00281. The maximum absolute atomic E-state index is 12.2. The van der Waals surface area contributed by atoms with E-state index in [4.69, 9.17) is 4.42 Å². The lowest BCUT2D eigenvalue weighted by Gasteiger charge is -2.33. The number of nitrogens with one attached hydrogen (secondary N) is 1. The minimum absolute atomic E-state index is 0.00281. The van der Waals surface area contributed by atoms with Crippen LogP contribution in [-0.2, 0) is 6.54 Å². The number of oxazole rings is 1. The van der Waals surface area contributed by atoms with Gasteiger partial charge in [0.15, 0.2) is 0 Å². The van der Waals surface area contributed by atoms with Crippen LogP contribution in [0.4, 0.5) is 4.79 Å². The van der Waals surface area contributed by atoms with E-state index in [0.717, 1.165) is 31.0 Å². The number of rotatable bonds is 4. The minimum atomic E-state index is -0.00281. The van der Waals surface area contributed by atoms with Gasteiger partial charge in [-0.3, -0.25) is 0 Å². The monoisotopic (exact) mass is 293 g/mol. The first-order valence-corrected chi connectivity index (χ1v) is 7.91. The van der Waals surface area contributed by atoms with Crippen LogP contribution in [0, 0.1) is 25.7 Å². The molecule has 5 heteroatoms. The van der Waals surface area contributed by atoms with Gasteiger partial charge in [0.05, 0.1) is 12.2 Å². The molecule has 0 spiro atoms. The van der Waals surface area contributed by atoms with Gasteiger partial charge in [-0.2, -0.15) is 0 Å². The summed E-state index contributed by atoms with van der Waals surface area (Å²) in [7, 11) is 0. The standard InChI is InChI=1S/C16H27N3O2/c1-11(2)8-14-6-5-7-19(10-14)16(20)17-9-15-18-12(3)13(4)21-15/h11,14H,5-10H2,1-4H3,(H,17,20). The van der Waals surface area contributed by atoms with Crippen LogP contribution in [0.1, 0.15) is 50.5 Å². The van der Waals surface area contributed by atoms with Gasteiger partial charge in [-0.1, -0.05) is 13.8 Å². The highest BCUT2D eigenvalue weighted by Gasteiger charge is 2.24. The van der Waals surface area contributed by atoms with E-state index in [1.807, 2.05) is 18.7 Å². The molecule has 1 fully saturated rings. The van der Waals surface area contributed by atoms with Crippen LogP contribution < -0.4 is 5.32 Å². The van der Waals surface area contributed by atoms with Crippen molar-refractivity contribution in [3.05, 3.63) is 17.3 Å². The fourth-order valence-corrected chi connectivity index (χ4v) is 2.99. The van der Waals surface area contributed by atoms with E-state index < -0.39 is 0 Å². The Bertz CT molecular complexity index is 462. The number of urea groups is 1. The van der Waals surface area contributed by atoms with Crippen molar-refractivity contribution >= 4 is 6.03 Å². The first-order chi connectivity index (χ1) is 9.95. The number of amides is 2. The van der Waals surface area contributed by atoms with E-state index in [0.29, 0.717) is 24.3 Å². The minimum Gasteiger partial charge on any atom is -0.444 e. The molecular weight excluding hydrogens is 266 g/mol. The molecule has 118 valence electrons. The molecule has 2 heterocycles. The zero-order valence-corrected chi connectivity index (χ0v) is 13.6. The van der Waals surface area contributed by atoms with Gasteiger partial charge in [0.2, 0.25) is 5.89 Å². The molecule has 1 aromatic rings. The van der Waals surface area contributed by atoms with Gasteiger partial charge in [-0.05, 0) is 44.9 Å². The third-order valence-electron chi connectivity index (χ3n) is 4.07. The van der Waals surface area contributed by atoms with Crippen molar-refractivity contribution in [3.63, 3.8) is 0 Å². The Morgan fingerprint density at radius 2 is 2.24 bits per heavy atom. The van der Waals surface area contributed by atoms with Crippen LogP contribution in [0.5, 0.6) is 0 Å². The first kappa shape index (κ1) is 15.9. The van der Waals surface area contributed by atoms with Crippen LogP contribution in [0.25, 0.3) is 0 Å². The lowest BCUT2D eigenvalue weighted by molar-refractivity contribution is 0.156.